The molecule has 0 aliphatic heterocycles. The smallest absolute Gasteiger partial charge is 0.228 e. The predicted octanol–water partition coefficient (Wildman–Crippen LogP) is 2.35. The van der Waals surface area contributed by atoms with Gasteiger partial charge in [-0.1, -0.05) is 0 Å². The zero-order valence-corrected chi connectivity index (χ0v) is 7.61. The molecule has 0 saturated heterocycles. The highest BCUT2D eigenvalue weighted by Crippen LogP contribution is 2.20. The van der Waals surface area contributed by atoms with Gasteiger partial charge in [0.25, 0.3) is 0 Å². The molecule has 0 bridgehead atoms. The quantitative estimate of drug-likeness (QED) is 0.666. The molecule has 0 amide bonds. The highest BCUT2D eigenvalue weighted by molar-refractivity contribution is 5.55. The second-order valence-corrected chi connectivity index (χ2v) is 2.91. The summed E-state index contributed by atoms with van der Waals surface area (Å²) in [4.78, 5) is 8.30. The van der Waals surface area contributed by atoms with E-state index in [-0.39, 0.29) is 0 Å². The van der Waals surface area contributed by atoms with E-state index in [0.29, 0.717) is 5.89 Å². The van der Waals surface area contributed by atoms with Crippen LogP contribution < -0.4 is 0 Å². The minimum absolute atomic E-state index is 0.642. The molecular weight excluding hydrogens is 164 g/mol. The Bertz CT molecular complexity index is 420. The van der Waals surface area contributed by atoms with Crippen molar-refractivity contribution in [2.45, 2.75) is 13.8 Å². The molecule has 0 aliphatic carbocycles. The number of pyridine rings is 1. The molecule has 0 atom stereocenters. The molecule has 0 saturated carbocycles. The lowest BCUT2D eigenvalue weighted by atomic mass is 10.2. The summed E-state index contributed by atoms with van der Waals surface area (Å²) in [6, 6.07) is 3.83. The van der Waals surface area contributed by atoms with Crippen molar-refractivity contribution < 1.29 is 4.42 Å². The summed E-state index contributed by atoms with van der Waals surface area (Å²) < 4.78 is 5.40. The molecule has 2 rings (SSSR count). The third-order valence-corrected chi connectivity index (χ3v) is 1.86. The maximum absolute atomic E-state index is 5.40. The Hall–Kier alpha value is -1.64. The summed E-state index contributed by atoms with van der Waals surface area (Å²) >= 11 is 0. The zero-order chi connectivity index (χ0) is 9.26. The third kappa shape index (κ3) is 1.45. The van der Waals surface area contributed by atoms with E-state index >= 15 is 0 Å². The minimum atomic E-state index is 0.642. The molecule has 2 heterocycles. The van der Waals surface area contributed by atoms with Crippen LogP contribution in [0.5, 0.6) is 0 Å². The lowest BCUT2D eigenvalue weighted by Crippen LogP contribution is -1.85. The molecule has 3 heteroatoms. The van der Waals surface area contributed by atoms with Crippen LogP contribution in [0.15, 0.2) is 28.9 Å². The molecule has 0 spiro atoms. The van der Waals surface area contributed by atoms with Crippen molar-refractivity contribution in [2.75, 3.05) is 0 Å². The van der Waals surface area contributed by atoms with E-state index in [1.54, 1.807) is 12.4 Å². The summed E-state index contributed by atoms with van der Waals surface area (Å²) in [5, 5.41) is 0. The molecule has 0 radical (unpaired) electrons. The fraction of sp³-hybridized carbons (Fsp3) is 0.200. The van der Waals surface area contributed by atoms with Gasteiger partial charge in [-0.25, -0.2) is 4.98 Å². The maximum Gasteiger partial charge on any atom is 0.228 e. The molecule has 3 nitrogen and oxygen atoms in total. The summed E-state index contributed by atoms with van der Waals surface area (Å²) in [5.41, 5.74) is 1.89. The van der Waals surface area contributed by atoms with Crippen LogP contribution in [0.3, 0.4) is 0 Å². The van der Waals surface area contributed by atoms with E-state index in [9.17, 15) is 0 Å². The first-order valence-electron chi connectivity index (χ1n) is 4.12. The molecule has 0 N–H and O–H groups in total. The predicted molar refractivity (Wildman–Crippen MR) is 49.2 cm³/mol. The van der Waals surface area contributed by atoms with Crippen molar-refractivity contribution in [3.8, 4) is 11.5 Å². The van der Waals surface area contributed by atoms with E-state index < -0.39 is 0 Å². The van der Waals surface area contributed by atoms with Crippen molar-refractivity contribution in [3.63, 3.8) is 0 Å². The molecule has 2 aromatic heterocycles. The number of nitrogens with zero attached hydrogens (tertiary/aromatic N) is 2. The van der Waals surface area contributed by atoms with Gasteiger partial charge in [0.2, 0.25) is 5.89 Å². The number of hydrogen-bond donors (Lipinski definition) is 0. The van der Waals surface area contributed by atoms with E-state index in [0.717, 1.165) is 17.0 Å². The van der Waals surface area contributed by atoms with Gasteiger partial charge in [-0.05, 0) is 26.0 Å². The Balaban J connectivity index is 2.52. The lowest BCUT2D eigenvalue weighted by molar-refractivity contribution is 0.542. The van der Waals surface area contributed by atoms with Gasteiger partial charge in [0.15, 0.2) is 0 Å². The van der Waals surface area contributed by atoms with Crippen molar-refractivity contribution in [1.29, 1.82) is 0 Å². The van der Waals surface area contributed by atoms with Crippen LogP contribution in [-0.2, 0) is 0 Å². The van der Waals surface area contributed by atoms with Crippen LogP contribution in [0.1, 0.15) is 11.5 Å². The van der Waals surface area contributed by atoms with Crippen LogP contribution in [0.4, 0.5) is 0 Å². The molecule has 2 aromatic rings. The normalized spacial score (nSPS) is 10.3. The largest absolute Gasteiger partial charge is 0.441 e. The average molecular weight is 174 g/mol. The summed E-state index contributed by atoms with van der Waals surface area (Å²) in [7, 11) is 0. The molecule has 0 unspecified atom stereocenters. The van der Waals surface area contributed by atoms with Gasteiger partial charge >= 0.3 is 0 Å². The lowest BCUT2D eigenvalue weighted by Gasteiger charge is -1.97. The molecule has 0 aromatic carbocycles. The highest BCUT2D eigenvalue weighted by atomic mass is 16.4. The first-order chi connectivity index (χ1) is 6.27. The number of oxazole rings is 1. The van der Waals surface area contributed by atoms with E-state index in [1.807, 2.05) is 26.0 Å². The van der Waals surface area contributed by atoms with Crippen molar-refractivity contribution in [1.82, 2.24) is 9.97 Å². The standard InChI is InChI=1S/C10H10N2O/c1-7-6-12-10(13-7)9-4-3-5-11-8(9)2/h3-6H,1-2H3. The van der Waals surface area contributed by atoms with Gasteiger partial charge in [0.05, 0.1) is 11.8 Å². The van der Waals surface area contributed by atoms with E-state index in [2.05, 4.69) is 9.97 Å². The maximum atomic E-state index is 5.40. The molecule has 0 aliphatic rings. The summed E-state index contributed by atoms with van der Waals surface area (Å²) in [5.74, 6) is 1.46. The van der Waals surface area contributed by atoms with Gasteiger partial charge in [0.1, 0.15) is 5.76 Å². The number of aryl methyl sites for hydroxylation is 2. The second kappa shape index (κ2) is 3.01. The number of hydrogen-bond acceptors (Lipinski definition) is 3. The third-order valence-electron chi connectivity index (χ3n) is 1.86. The molecular formula is C10H10N2O. The van der Waals surface area contributed by atoms with Crippen LogP contribution in [-0.4, -0.2) is 9.97 Å². The topological polar surface area (TPSA) is 38.9 Å². The molecule has 13 heavy (non-hydrogen) atoms. The van der Waals surface area contributed by atoms with Crippen LogP contribution in [0.2, 0.25) is 0 Å². The first-order valence-corrected chi connectivity index (χ1v) is 4.12. The molecule has 0 fully saturated rings. The fourth-order valence-electron chi connectivity index (χ4n) is 1.19. The molecule has 66 valence electrons. The van der Waals surface area contributed by atoms with E-state index in [4.69, 9.17) is 4.42 Å². The van der Waals surface area contributed by atoms with Crippen molar-refractivity contribution in [2.24, 2.45) is 0 Å². The Labute approximate surface area is 76.5 Å². The Morgan fingerprint density at radius 1 is 1.23 bits per heavy atom. The van der Waals surface area contributed by atoms with E-state index in [1.165, 1.54) is 0 Å². The summed E-state index contributed by atoms with van der Waals surface area (Å²) in [6.45, 7) is 3.82. The summed E-state index contributed by atoms with van der Waals surface area (Å²) in [6.07, 6.45) is 3.47. The first kappa shape index (κ1) is 7.98. The van der Waals surface area contributed by atoms with Gasteiger partial charge in [0, 0.05) is 11.9 Å². The fourth-order valence-corrected chi connectivity index (χ4v) is 1.19. The van der Waals surface area contributed by atoms with Gasteiger partial charge in [-0.15, -0.1) is 0 Å². The van der Waals surface area contributed by atoms with Crippen LogP contribution in [0.25, 0.3) is 11.5 Å². The van der Waals surface area contributed by atoms with Gasteiger partial charge < -0.3 is 4.42 Å². The van der Waals surface area contributed by atoms with Gasteiger partial charge in [-0.3, -0.25) is 4.98 Å². The average Bonchev–Trinajstić information content (AvgIpc) is 2.53. The SMILES string of the molecule is Cc1cnc(-c2cccnc2C)o1. The highest BCUT2D eigenvalue weighted by Gasteiger charge is 2.06. The Kier molecular flexibility index (Phi) is 1.85. The van der Waals surface area contributed by atoms with Crippen molar-refractivity contribution in [3.05, 3.63) is 36.0 Å². The van der Waals surface area contributed by atoms with Crippen LogP contribution in [0, 0.1) is 13.8 Å². The van der Waals surface area contributed by atoms with Crippen LogP contribution >= 0.6 is 0 Å². The van der Waals surface area contributed by atoms with Crippen molar-refractivity contribution >= 4 is 0 Å². The Morgan fingerprint density at radius 2 is 2.08 bits per heavy atom. The van der Waals surface area contributed by atoms with Gasteiger partial charge in [-0.2, -0.15) is 0 Å². The minimum Gasteiger partial charge on any atom is -0.441 e. The Morgan fingerprint density at radius 3 is 2.69 bits per heavy atom. The number of rotatable bonds is 1. The zero-order valence-electron chi connectivity index (χ0n) is 7.61. The second-order valence-electron chi connectivity index (χ2n) is 2.91. The number of aromatic nitrogens is 2. The monoisotopic (exact) mass is 174 g/mol.